The van der Waals surface area contributed by atoms with Crippen LogP contribution in [-0.2, 0) is 0 Å². The molecule has 126 valence electrons. The van der Waals surface area contributed by atoms with Crippen LogP contribution < -0.4 is 10.6 Å². The van der Waals surface area contributed by atoms with E-state index in [0.717, 1.165) is 0 Å². The van der Waals surface area contributed by atoms with Gasteiger partial charge in [-0.05, 0) is 36.4 Å². The Morgan fingerprint density at radius 3 is 2.64 bits per heavy atom. The second-order valence-electron chi connectivity index (χ2n) is 5.08. The molecule has 0 atom stereocenters. The summed E-state index contributed by atoms with van der Waals surface area (Å²) in [5.41, 5.74) is 1.13. The summed E-state index contributed by atoms with van der Waals surface area (Å²) < 4.78 is 1.59. The van der Waals surface area contributed by atoms with Gasteiger partial charge >= 0.3 is 0 Å². The van der Waals surface area contributed by atoms with Gasteiger partial charge in [-0.3, -0.25) is 9.59 Å². The summed E-state index contributed by atoms with van der Waals surface area (Å²) in [4.78, 5) is 28.3. The molecule has 1 aromatic carbocycles. The molecule has 0 aliphatic heterocycles. The minimum atomic E-state index is -0.343. The van der Waals surface area contributed by atoms with Crippen LogP contribution in [0, 0.1) is 0 Å². The van der Waals surface area contributed by atoms with Gasteiger partial charge in [0, 0.05) is 31.3 Å². The number of hydrogen-bond donors (Lipinski definition) is 2. The molecule has 0 saturated heterocycles. The molecule has 2 N–H and O–H groups in total. The van der Waals surface area contributed by atoms with Crippen molar-refractivity contribution in [1.29, 1.82) is 0 Å². The zero-order chi connectivity index (χ0) is 17.8. The third-order valence-corrected chi connectivity index (χ3v) is 3.77. The molecule has 3 aromatic rings. The van der Waals surface area contributed by atoms with Gasteiger partial charge in [-0.15, -0.1) is 0 Å². The minimum Gasteiger partial charge on any atom is -0.355 e. The van der Waals surface area contributed by atoms with Crippen LogP contribution in [0.1, 0.15) is 20.7 Å². The molecule has 0 saturated carbocycles. The Bertz CT molecular complexity index is 907. The van der Waals surface area contributed by atoms with E-state index in [1.54, 1.807) is 47.4 Å². The van der Waals surface area contributed by atoms with E-state index >= 15 is 0 Å². The van der Waals surface area contributed by atoms with Crippen molar-refractivity contribution in [3.8, 4) is 5.82 Å². The molecule has 0 aliphatic rings. The zero-order valence-corrected chi connectivity index (χ0v) is 14.0. The first-order chi connectivity index (χ1) is 12.1. The molecular weight excluding hydrogens is 342 g/mol. The van der Waals surface area contributed by atoms with Crippen molar-refractivity contribution in [2.45, 2.75) is 0 Å². The van der Waals surface area contributed by atoms with Crippen LogP contribution >= 0.6 is 11.6 Å². The predicted octanol–water partition coefficient (Wildman–Crippen LogP) is 2.53. The highest BCUT2D eigenvalue weighted by Crippen LogP contribution is 2.21. The summed E-state index contributed by atoms with van der Waals surface area (Å²) in [6, 6.07) is 9.82. The minimum absolute atomic E-state index is 0.286. The van der Waals surface area contributed by atoms with Crippen molar-refractivity contribution in [3.63, 3.8) is 0 Å². The summed E-state index contributed by atoms with van der Waals surface area (Å²) in [6.45, 7) is 0. The highest BCUT2D eigenvalue weighted by atomic mass is 35.5. The van der Waals surface area contributed by atoms with Crippen LogP contribution in [0.3, 0.4) is 0 Å². The van der Waals surface area contributed by atoms with Crippen LogP contribution in [0.5, 0.6) is 0 Å². The summed E-state index contributed by atoms with van der Waals surface area (Å²) in [5, 5.41) is 9.60. The lowest BCUT2D eigenvalue weighted by Crippen LogP contribution is -2.19. The molecule has 0 spiro atoms. The van der Waals surface area contributed by atoms with Gasteiger partial charge in [0.15, 0.2) is 5.82 Å². The van der Waals surface area contributed by atoms with Crippen molar-refractivity contribution in [3.05, 3.63) is 71.1 Å². The highest BCUT2D eigenvalue weighted by molar-refractivity contribution is 6.34. The maximum atomic E-state index is 12.3. The number of amides is 2. The van der Waals surface area contributed by atoms with Gasteiger partial charge < -0.3 is 10.6 Å². The van der Waals surface area contributed by atoms with Gasteiger partial charge in [0.1, 0.15) is 0 Å². The second kappa shape index (κ2) is 7.14. The van der Waals surface area contributed by atoms with Crippen LogP contribution in [0.25, 0.3) is 5.82 Å². The molecule has 2 heterocycles. The normalized spacial score (nSPS) is 10.3. The maximum absolute atomic E-state index is 12.3. The van der Waals surface area contributed by atoms with Crippen molar-refractivity contribution in [2.24, 2.45) is 0 Å². The number of carbonyl (C=O) groups excluding carboxylic acids is 2. The number of halogens is 1. The number of carbonyl (C=O) groups is 2. The Labute approximate surface area is 148 Å². The summed E-state index contributed by atoms with van der Waals surface area (Å²) in [6.07, 6.45) is 4.87. The fraction of sp³-hybridized carbons (Fsp3) is 0.0588. The van der Waals surface area contributed by atoms with Crippen molar-refractivity contribution >= 4 is 29.1 Å². The Morgan fingerprint density at radius 2 is 2.00 bits per heavy atom. The average molecular weight is 356 g/mol. The number of aromatic nitrogens is 3. The van der Waals surface area contributed by atoms with E-state index in [4.69, 9.17) is 11.6 Å². The summed E-state index contributed by atoms with van der Waals surface area (Å²) in [7, 11) is 1.51. The number of anilines is 1. The van der Waals surface area contributed by atoms with Crippen LogP contribution in [0.2, 0.25) is 5.02 Å². The Hall–Kier alpha value is -3.19. The topological polar surface area (TPSA) is 88.9 Å². The largest absolute Gasteiger partial charge is 0.355 e. The number of nitrogens with zero attached hydrogens (tertiary/aromatic N) is 3. The van der Waals surface area contributed by atoms with Gasteiger partial charge in [-0.2, -0.15) is 5.10 Å². The average Bonchev–Trinajstić information content (AvgIpc) is 3.17. The smallest absolute Gasteiger partial charge is 0.257 e. The number of nitrogens with one attached hydrogen (secondary N) is 2. The zero-order valence-electron chi connectivity index (χ0n) is 13.2. The van der Waals surface area contributed by atoms with Gasteiger partial charge in [0.2, 0.25) is 0 Å². The van der Waals surface area contributed by atoms with E-state index in [-0.39, 0.29) is 17.4 Å². The molecule has 8 heteroatoms. The third-order valence-electron chi connectivity index (χ3n) is 3.45. The molecule has 0 bridgehead atoms. The third kappa shape index (κ3) is 3.67. The number of pyridine rings is 1. The van der Waals surface area contributed by atoms with E-state index < -0.39 is 0 Å². The van der Waals surface area contributed by atoms with Crippen molar-refractivity contribution in [2.75, 3.05) is 12.4 Å². The quantitative estimate of drug-likeness (QED) is 0.752. The maximum Gasteiger partial charge on any atom is 0.257 e. The predicted molar refractivity (Wildman–Crippen MR) is 94.2 cm³/mol. The molecule has 3 rings (SSSR count). The van der Waals surface area contributed by atoms with Crippen molar-refractivity contribution in [1.82, 2.24) is 20.1 Å². The first-order valence-corrected chi connectivity index (χ1v) is 7.75. The molecular formula is C17H14ClN5O2. The Morgan fingerprint density at radius 1 is 1.16 bits per heavy atom. The van der Waals surface area contributed by atoms with Gasteiger partial charge in [0.25, 0.3) is 11.8 Å². The summed E-state index contributed by atoms with van der Waals surface area (Å²) >= 11 is 6.00. The van der Waals surface area contributed by atoms with E-state index in [0.29, 0.717) is 22.1 Å². The van der Waals surface area contributed by atoms with Crippen LogP contribution in [-0.4, -0.2) is 33.6 Å². The van der Waals surface area contributed by atoms with Gasteiger partial charge in [-0.25, -0.2) is 9.67 Å². The lowest BCUT2D eigenvalue weighted by molar-refractivity contribution is 0.0961. The lowest BCUT2D eigenvalue weighted by atomic mass is 10.1. The summed E-state index contributed by atoms with van der Waals surface area (Å²) in [5.74, 6) is -0.0639. The number of rotatable bonds is 4. The molecule has 0 radical (unpaired) electrons. The van der Waals surface area contributed by atoms with E-state index in [1.165, 1.54) is 19.3 Å². The highest BCUT2D eigenvalue weighted by Gasteiger charge is 2.12. The monoisotopic (exact) mass is 355 g/mol. The molecule has 25 heavy (non-hydrogen) atoms. The van der Waals surface area contributed by atoms with E-state index in [9.17, 15) is 9.59 Å². The van der Waals surface area contributed by atoms with Crippen molar-refractivity contribution < 1.29 is 9.59 Å². The standard InChI is InChI=1S/C17H14ClN5O2/c1-19-17(25)13-9-12(4-5-14(13)18)22-16(24)11-3-6-15(20-10-11)23-8-2-7-21-23/h2-10H,1H3,(H,19,25)(H,22,24). The SMILES string of the molecule is CNC(=O)c1cc(NC(=O)c2ccc(-n3cccn3)nc2)ccc1Cl. The molecule has 0 fully saturated rings. The molecule has 2 amide bonds. The fourth-order valence-electron chi connectivity index (χ4n) is 2.18. The van der Waals surface area contributed by atoms with Gasteiger partial charge in [-0.1, -0.05) is 11.6 Å². The van der Waals surface area contributed by atoms with E-state index in [1.807, 2.05) is 0 Å². The molecule has 0 unspecified atom stereocenters. The Balaban J connectivity index is 1.77. The number of benzene rings is 1. The first kappa shape index (κ1) is 16.7. The molecule has 2 aromatic heterocycles. The molecule has 0 aliphatic carbocycles. The second-order valence-corrected chi connectivity index (χ2v) is 5.49. The fourth-order valence-corrected chi connectivity index (χ4v) is 2.38. The van der Waals surface area contributed by atoms with E-state index in [2.05, 4.69) is 20.7 Å². The lowest BCUT2D eigenvalue weighted by Gasteiger charge is -2.09. The Kier molecular flexibility index (Phi) is 4.76. The van der Waals surface area contributed by atoms with Crippen LogP contribution in [0.4, 0.5) is 5.69 Å². The molecule has 7 nitrogen and oxygen atoms in total. The number of hydrogen-bond acceptors (Lipinski definition) is 4. The van der Waals surface area contributed by atoms with Crippen LogP contribution in [0.15, 0.2) is 55.0 Å². The first-order valence-electron chi connectivity index (χ1n) is 7.37. The van der Waals surface area contributed by atoms with Gasteiger partial charge in [0.05, 0.1) is 16.1 Å².